The lowest BCUT2D eigenvalue weighted by Gasteiger charge is -2.38. The minimum absolute atomic E-state index is 0.0518. The Labute approximate surface area is 157 Å². The second-order valence-corrected chi connectivity index (χ2v) is 8.82. The van der Waals surface area contributed by atoms with Crippen LogP contribution in [0.1, 0.15) is 6.23 Å². The third kappa shape index (κ3) is 2.69. The number of ether oxygens (including phenoxy) is 1. The van der Waals surface area contributed by atoms with Crippen LogP contribution in [0.5, 0.6) is 0 Å². The van der Waals surface area contributed by atoms with E-state index < -0.39 is 31.3 Å². The predicted molar refractivity (Wildman–Crippen MR) is 92.5 cm³/mol. The van der Waals surface area contributed by atoms with Gasteiger partial charge in [-0.1, -0.05) is 11.8 Å². The molecule has 5 rings (SSSR count). The maximum atomic E-state index is 12.0. The molecule has 0 aliphatic carbocycles. The molecule has 11 nitrogen and oxygen atoms in total. The van der Waals surface area contributed by atoms with Gasteiger partial charge in [-0.15, -0.1) is 0 Å². The van der Waals surface area contributed by atoms with E-state index in [-0.39, 0.29) is 12.4 Å². The average molecular weight is 410 g/mol. The molecule has 3 aromatic rings. The number of fused-ring (bicyclic) bond motifs is 2. The molecule has 0 aromatic carbocycles. The van der Waals surface area contributed by atoms with E-state index in [0.29, 0.717) is 22.6 Å². The van der Waals surface area contributed by atoms with E-state index in [9.17, 15) is 10.00 Å². The summed E-state index contributed by atoms with van der Waals surface area (Å²) in [6.45, 7) is -3.71. The summed E-state index contributed by atoms with van der Waals surface area (Å²) in [4.78, 5) is 24.6. The highest BCUT2D eigenvalue weighted by atomic mass is 32.5. The monoisotopic (exact) mass is 410 g/mol. The van der Waals surface area contributed by atoms with Crippen molar-refractivity contribution in [1.82, 2.24) is 19.5 Å². The van der Waals surface area contributed by atoms with Crippen molar-refractivity contribution in [1.29, 1.82) is 0 Å². The predicted octanol–water partition coefficient (Wildman–Crippen LogP) is -0.0730. The van der Waals surface area contributed by atoms with Crippen LogP contribution in [0.2, 0.25) is 0 Å². The van der Waals surface area contributed by atoms with Crippen molar-refractivity contribution >= 4 is 35.5 Å². The zero-order valence-electron chi connectivity index (χ0n) is 13.5. The van der Waals surface area contributed by atoms with Gasteiger partial charge in [0.15, 0.2) is 23.2 Å². The van der Waals surface area contributed by atoms with Crippen molar-refractivity contribution in [3.63, 3.8) is 0 Å². The van der Waals surface area contributed by atoms with E-state index in [1.165, 1.54) is 18.9 Å². The molecule has 5 atom stereocenters. The number of rotatable bonds is 2. The van der Waals surface area contributed by atoms with Crippen LogP contribution in [-0.2, 0) is 25.6 Å². The van der Waals surface area contributed by atoms with E-state index in [4.69, 9.17) is 35.7 Å². The average Bonchev–Trinajstić information content (AvgIpc) is 3.33. The zero-order valence-corrected chi connectivity index (χ0v) is 15.2. The number of hydrogen-bond acceptors (Lipinski definition) is 11. The summed E-state index contributed by atoms with van der Waals surface area (Å²) in [5.41, 5.74) is 7.27. The Hall–Kier alpha value is -1.92. The summed E-state index contributed by atoms with van der Waals surface area (Å²) in [5.74, 6) is 0.596. The van der Waals surface area contributed by atoms with Gasteiger partial charge in [-0.05, 0) is 6.07 Å². The number of nitrogens with zero attached hydrogens (tertiary/aromatic N) is 4. The van der Waals surface area contributed by atoms with Crippen LogP contribution < -0.4 is 10.6 Å². The first kappa shape index (κ1) is 17.2. The molecule has 0 bridgehead atoms. The molecule has 0 radical (unpaired) electrons. The normalized spacial score (nSPS) is 33.4. The van der Waals surface area contributed by atoms with E-state index in [2.05, 4.69) is 15.0 Å². The summed E-state index contributed by atoms with van der Waals surface area (Å²) < 4.78 is 22.9. The Morgan fingerprint density at radius 3 is 3.04 bits per heavy atom. The topological polar surface area (TPSA) is 154 Å². The Bertz CT molecular complexity index is 1060. The van der Waals surface area contributed by atoms with Crippen LogP contribution in [0, 0.1) is 0 Å². The quantitative estimate of drug-likeness (QED) is 0.546. The molecule has 0 spiro atoms. The van der Waals surface area contributed by atoms with Crippen LogP contribution in [0.25, 0.3) is 22.6 Å². The third-order valence-corrected chi connectivity index (χ3v) is 6.04. The molecule has 3 aromatic heterocycles. The van der Waals surface area contributed by atoms with Crippen LogP contribution in [0.4, 0.5) is 5.82 Å². The van der Waals surface area contributed by atoms with Crippen LogP contribution >= 0.6 is 6.72 Å². The fourth-order valence-corrected chi connectivity index (χ4v) is 4.73. The SMILES string of the molecule is Nc1ncnc2c1nc(-c1ccoc1)n2[C@@H]1OC2COP([O-])(=S)OC2[C@@H]1O. The smallest absolute Gasteiger partial charge is 0.168 e. The van der Waals surface area contributed by atoms with Crippen molar-refractivity contribution in [2.75, 3.05) is 12.3 Å². The van der Waals surface area contributed by atoms with E-state index >= 15 is 0 Å². The molecule has 0 amide bonds. The van der Waals surface area contributed by atoms with Gasteiger partial charge in [0.2, 0.25) is 0 Å². The Morgan fingerprint density at radius 1 is 1.41 bits per heavy atom. The second-order valence-electron chi connectivity index (χ2n) is 6.12. The molecule has 2 fully saturated rings. The Balaban J connectivity index is 1.66. The van der Waals surface area contributed by atoms with Gasteiger partial charge in [-0.3, -0.25) is 4.57 Å². The molecule has 142 valence electrons. The molecule has 3 N–H and O–H groups in total. The molecular formula is C14H13N5O6PS-. The number of aliphatic hydroxyl groups excluding tert-OH is 1. The number of hydrogen-bond donors (Lipinski definition) is 2. The molecule has 2 aliphatic rings. The Kier molecular flexibility index (Phi) is 3.85. The van der Waals surface area contributed by atoms with Gasteiger partial charge in [-0.25, -0.2) is 15.0 Å². The lowest BCUT2D eigenvalue weighted by atomic mass is 10.1. The number of imidazole rings is 1. The van der Waals surface area contributed by atoms with Crippen molar-refractivity contribution in [2.45, 2.75) is 24.5 Å². The summed E-state index contributed by atoms with van der Waals surface area (Å²) in [5, 5.41) is 10.8. The first-order valence-corrected chi connectivity index (χ1v) is 10.5. The lowest BCUT2D eigenvalue weighted by Crippen LogP contribution is -2.41. The standard InChI is InChI=1S/C14H14N5O6PS/c15-11-8-13(17-5-16-11)19(12(18-8)6-1-2-22-3-6)14-9(20)10-7(24-14)4-23-26(21,27)25-10/h1-3,5,7,9-10,14,20H,4H2,(H,21,27)(H2,15,16,17)/p-1/t7?,9-,10?,14+,26?/m0/s1. The fourth-order valence-electron chi connectivity index (χ4n) is 3.30. The summed E-state index contributed by atoms with van der Waals surface area (Å²) in [7, 11) is 0. The first-order valence-electron chi connectivity index (χ1n) is 7.93. The van der Waals surface area contributed by atoms with Crippen LogP contribution in [-0.4, -0.2) is 49.5 Å². The number of nitrogen functional groups attached to an aromatic ring is 1. The molecule has 3 unspecified atom stereocenters. The van der Waals surface area contributed by atoms with Crippen molar-refractivity contribution in [3.05, 3.63) is 24.9 Å². The largest absolute Gasteiger partial charge is 0.780 e. The maximum Gasteiger partial charge on any atom is 0.168 e. The highest BCUT2D eigenvalue weighted by Gasteiger charge is 2.50. The van der Waals surface area contributed by atoms with Gasteiger partial charge in [0.25, 0.3) is 0 Å². The van der Waals surface area contributed by atoms with Gasteiger partial charge in [0.1, 0.15) is 43.4 Å². The van der Waals surface area contributed by atoms with Gasteiger partial charge < -0.3 is 33.9 Å². The first-order chi connectivity index (χ1) is 12.9. The number of nitrogens with two attached hydrogens (primary N) is 1. The molecular weight excluding hydrogens is 397 g/mol. The van der Waals surface area contributed by atoms with Crippen molar-refractivity contribution in [3.8, 4) is 11.4 Å². The van der Waals surface area contributed by atoms with Crippen molar-refractivity contribution < 1.29 is 28.2 Å². The lowest BCUT2D eigenvalue weighted by molar-refractivity contribution is -0.227. The molecule has 2 saturated heterocycles. The van der Waals surface area contributed by atoms with Gasteiger partial charge in [0.05, 0.1) is 18.4 Å². The summed E-state index contributed by atoms with van der Waals surface area (Å²) >= 11 is 4.77. The molecule has 0 saturated carbocycles. The number of furan rings is 1. The van der Waals surface area contributed by atoms with Crippen LogP contribution in [0.15, 0.2) is 29.3 Å². The minimum atomic E-state index is -3.66. The van der Waals surface area contributed by atoms with E-state index in [1.54, 1.807) is 10.6 Å². The number of aliphatic hydroxyl groups is 1. The van der Waals surface area contributed by atoms with Crippen molar-refractivity contribution in [2.24, 2.45) is 0 Å². The number of anilines is 1. The zero-order chi connectivity index (χ0) is 18.8. The second kappa shape index (κ2) is 6.04. The van der Waals surface area contributed by atoms with Crippen LogP contribution in [0.3, 0.4) is 0 Å². The summed E-state index contributed by atoms with van der Waals surface area (Å²) in [6.07, 6.45) is 0.595. The molecule has 5 heterocycles. The Morgan fingerprint density at radius 2 is 2.26 bits per heavy atom. The molecule has 27 heavy (non-hydrogen) atoms. The minimum Gasteiger partial charge on any atom is -0.780 e. The van der Waals surface area contributed by atoms with Gasteiger partial charge in [-0.2, -0.15) is 0 Å². The summed E-state index contributed by atoms with van der Waals surface area (Å²) in [6, 6.07) is 1.70. The third-order valence-electron chi connectivity index (χ3n) is 4.50. The number of aromatic nitrogens is 4. The fraction of sp³-hybridized carbons (Fsp3) is 0.357. The highest BCUT2D eigenvalue weighted by Crippen LogP contribution is 2.50. The van der Waals surface area contributed by atoms with Gasteiger partial charge in [0, 0.05) is 0 Å². The van der Waals surface area contributed by atoms with Gasteiger partial charge >= 0.3 is 0 Å². The maximum absolute atomic E-state index is 12.0. The van der Waals surface area contributed by atoms with E-state index in [0.717, 1.165) is 0 Å². The highest BCUT2D eigenvalue weighted by molar-refractivity contribution is 8.06. The molecule has 13 heteroatoms. The molecule has 2 aliphatic heterocycles. The van der Waals surface area contributed by atoms with E-state index in [1.807, 2.05) is 0 Å².